The summed E-state index contributed by atoms with van der Waals surface area (Å²) in [5.41, 5.74) is 1.34. The molecule has 1 N–H and O–H groups in total. The average Bonchev–Trinajstić information content (AvgIpc) is 3.10. The number of halogens is 1. The molecule has 0 saturated heterocycles. The molecule has 1 aromatic heterocycles. The molecule has 2 aromatic carbocycles. The van der Waals surface area contributed by atoms with E-state index in [1.165, 1.54) is 16.7 Å². The van der Waals surface area contributed by atoms with Crippen molar-refractivity contribution < 1.29 is 19.6 Å². The van der Waals surface area contributed by atoms with Gasteiger partial charge in [-0.1, -0.05) is 52.8 Å². The summed E-state index contributed by atoms with van der Waals surface area (Å²) in [5.74, 6) is -1.18. The minimum absolute atomic E-state index is 0.0164. The minimum Gasteiger partial charge on any atom is -0.502 e. The van der Waals surface area contributed by atoms with Gasteiger partial charge in [0.2, 0.25) is 5.75 Å². The van der Waals surface area contributed by atoms with Crippen molar-refractivity contribution in [1.29, 1.82) is 0 Å². The maximum absolute atomic E-state index is 13.6. The number of thiazole rings is 1. The van der Waals surface area contributed by atoms with Gasteiger partial charge in [0.05, 0.1) is 33.4 Å². The number of aromatic hydroxyl groups is 1. The van der Waals surface area contributed by atoms with Crippen molar-refractivity contribution in [3.8, 4) is 5.75 Å². The van der Waals surface area contributed by atoms with Crippen LogP contribution >= 0.6 is 22.9 Å². The van der Waals surface area contributed by atoms with Crippen molar-refractivity contribution in [2.75, 3.05) is 6.61 Å². The topological polar surface area (TPSA) is 124 Å². The van der Waals surface area contributed by atoms with Crippen LogP contribution in [0.15, 0.2) is 57.5 Å². The molecule has 1 aliphatic heterocycles. The second kappa shape index (κ2) is 9.47. The highest BCUT2D eigenvalue weighted by Gasteiger charge is 2.33. The summed E-state index contributed by atoms with van der Waals surface area (Å²) >= 11 is 7.04. The molecule has 0 radical (unpaired) electrons. The SMILES string of the molecule is CCOC(=O)C1=C(C)N=c2s/c(=C/c3cc(Cl)cc([N+](=O)[O-])c3O)c(=O)n2[C@@H]1c1ccc(C)cc1. The van der Waals surface area contributed by atoms with Crippen LogP contribution in [0.1, 0.15) is 36.6 Å². The predicted octanol–water partition coefficient (Wildman–Crippen LogP) is 3.37. The first-order valence-corrected chi connectivity index (χ1v) is 11.7. The molecule has 0 aliphatic carbocycles. The number of rotatable bonds is 5. The van der Waals surface area contributed by atoms with Crippen LogP contribution in [0, 0.1) is 17.0 Å². The number of nitrogens with zero attached hydrogens (tertiary/aromatic N) is 3. The van der Waals surface area contributed by atoms with E-state index in [0.717, 1.165) is 23.0 Å². The van der Waals surface area contributed by atoms with E-state index in [4.69, 9.17) is 16.3 Å². The van der Waals surface area contributed by atoms with E-state index in [2.05, 4.69) is 4.99 Å². The monoisotopic (exact) mass is 513 g/mol. The number of aryl methyl sites for hydroxylation is 1. The molecule has 4 rings (SSSR count). The van der Waals surface area contributed by atoms with Crippen molar-refractivity contribution >= 4 is 40.7 Å². The maximum Gasteiger partial charge on any atom is 0.338 e. The number of nitro benzene ring substituents is 1. The molecule has 0 fully saturated rings. The van der Waals surface area contributed by atoms with Gasteiger partial charge in [0.25, 0.3) is 5.56 Å². The number of esters is 1. The van der Waals surface area contributed by atoms with Crippen molar-refractivity contribution in [3.63, 3.8) is 0 Å². The quantitative estimate of drug-likeness (QED) is 0.317. The van der Waals surface area contributed by atoms with Crippen molar-refractivity contribution in [1.82, 2.24) is 4.57 Å². The molecule has 35 heavy (non-hydrogen) atoms. The van der Waals surface area contributed by atoms with Gasteiger partial charge in [-0.15, -0.1) is 0 Å². The summed E-state index contributed by atoms with van der Waals surface area (Å²) in [6.07, 6.45) is 1.33. The lowest BCUT2D eigenvalue weighted by molar-refractivity contribution is -0.385. The standard InChI is InChI=1S/C24H20ClN3O6S/c1-4-34-23(31)19-13(3)26-24-27(20(19)14-7-5-12(2)6-8-14)22(30)18(35-24)10-15-9-16(25)11-17(21(15)29)28(32)33/h5-11,20,29H,4H2,1-3H3/b18-10+/t20-/m1/s1. The largest absolute Gasteiger partial charge is 0.502 e. The lowest BCUT2D eigenvalue weighted by Gasteiger charge is -2.24. The van der Waals surface area contributed by atoms with Gasteiger partial charge in [0.1, 0.15) is 0 Å². The Kier molecular flexibility index (Phi) is 6.60. The highest BCUT2D eigenvalue weighted by Crippen LogP contribution is 2.34. The Balaban J connectivity index is 1.98. The van der Waals surface area contributed by atoms with Crippen molar-refractivity contribution in [2.24, 2.45) is 4.99 Å². The molecule has 11 heteroatoms. The van der Waals surface area contributed by atoms with E-state index in [0.29, 0.717) is 16.1 Å². The number of allylic oxidation sites excluding steroid dienone is 1. The third-order valence-electron chi connectivity index (χ3n) is 5.48. The fraction of sp³-hybridized carbons (Fsp3) is 0.208. The fourth-order valence-corrected chi connectivity index (χ4v) is 5.11. The first kappa shape index (κ1) is 24.4. The third-order valence-corrected chi connectivity index (χ3v) is 6.68. The third kappa shape index (κ3) is 4.50. The van der Waals surface area contributed by atoms with E-state index < -0.39 is 33.9 Å². The Labute approximate surface area is 208 Å². The Morgan fingerprint density at radius 1 is 1.31 bits per heavy atom. The molecule has 0 bridgehead atoms. The number of fused-ring (bicyclic) bond motifs is 1. The molecule has 9 nitrogen and oxygen atoms in total. The molecule has 2 heterocycles. The summed E-state index contributed by atoms with van der Waals surface area (Å²) in [6, 6.07) is 9.01. The lowest BCUT2D eigenvalue weighted by Crippen LogP contribution is -2.39. The van der Waals surface area contributed by atoms with Gasteiger partial charge in [-0.05, 0) is 38.5 Å². The number of nitro groups is 1. The number of ether oxygens (including phenoxy) is 1. The van der Waals surface area contributed by atoms with Crippen LogP contribution in [-0.4, -0.2) is 27.2 Å². The molecular formula is C24H20ClN3O6S. The Bertz CT molecular complexity index is 1570. The molecule has 0 saturated carbocycles. The van der Waals surface area contributed by atoms with Gasteiger partial charge in [0, 0.05) is 16.7 Å². The van der Waals surface area contributed by atoms with Crippen LogP contribution in [0.2, 0.25) is 5.02 Å². The molecule has 180 valence electrons. The molecule has 0 unspecified atom stereocenters. The average molecular weight is 514 g/mol. The number of aromatic nitrogens is 1. The van der Waals surface area contributed by atoms with E-state index in [-0.39, 0.29) is 27.3 Å². The Morgan fingerprint density at radius 3 is 2.63 bits per heavy atom. The summed E-state index contributed by atoms with van der Waals surface area (Å²) in [4.78, 5) is 41.8. The second-order valence-electron chi connectivity index (χ2n) is 7.83. The zero-order valence-electron chi connectivity index (χ0n) is 18.9. The number of carbonyl (C=O) groups is 1. The fourth-order valence-electron chi connectivity index (χ4n) is 3.85. The zero-order valence-corrected chi connectivity index (χ0v) is 20.5. The normalized spacial score (nSPS) is 15.5. The highest BCUT2D eigenvalue weighted by molar-refractivity contribution is 7.07. The zero-order chi connectivity index (χ0) is 25.4. The predicted molar refractivity (Wildman–Crippen MR) is 131 cm³/mol. The smallest absolute Gasteiger partial charge is 0.338 e. The van der Waals surface area contributed by atoms with Crippen LogP contribution in [0.3, 0.4) is 0 Å². The van der Waals surface area contributed by atoms with Gasteiger partial charge < -0.3 is 9.84 Å². The Hall–Kier alpha value is -3.76. The molecule has 0 amide bonds. The van der Waals surface area contributed by atoms with Crippen molar-refractivity contribution in [3.05, 3.63) is 99.2 Å². The number of hydrogen-bond acceptors (Lipinski definition) is 8. The first-order valence-electron chi connectivity index (χ1n) is 10.6. The molecular weight excluding hydrogens is 494 g/mol. The summed E-state index contributed by atoms with van der Waals surface area (Å²) in [6.45, 7) is 5.46. The van der Waals surface area contributed by atoms with Crippen molar-refractivity contribution in [2.45, 2.75) is 26.8 Å². The van der Waals surface area contributed by atoms with Crippen LogP contribution in [-0.2, 0) is 9.53 Å². The number of phenols is 1. The molecule has 1 aliphatic rings. The van der Waals surface area contributed by atoms with Crippen LogP contribution in [0.25, 0.3) is 6.08 Å². The Morgan fingerprint density at radius 2 is 2.00 bits per heavy atom. The van der Waals surface area contributed by atoms with E-state index >= 15 is 0 Å². The summed E-state index contributed by atoms with van der Waals surface area (Å²) < 4.78 is 6.82. The molecule has 0 spiro atoms. The number of hydrogen-bond donors (Lipinski definition) is 1. The number of carbonyl (C=O) groups excluding carboxylic acids is 1. The van der Waals surface area contributed by atoms with Gasteiger partial charge in [-0.3, -0.25) is 19.5 Å². The van der Waals surface area contributed by atoms with Crippen LogP contribution in [0.4, 0.5) is 5.69 Å². The summed E-state index contributed by atoms with van der Waals surface area (Å²) in [7, 11) is 0. The number of benzene rings is 2. The van der Waals surface area contributed by atoms with E-state index in [1.807, 2.05) is 31.2 Å². The molecule has 3 aromatic rings. The maximum atomic E-state index is 13.6. The van der Waals surface area contributed by atoms with E-state index in [1.54, 1.807) is 13.8 Å². The summed E-state index contributed by atoms with van der Waals surface area (Å²) in [5, 5.41) is 21.7. The number of phenolic OH excluding ortho intramolecular Hbond substituents is 1. The van der Waals surface area contributed by atoms with Crippen LogP contribution in [0.5, 0.6) is 5.75 Å². The highest BCUT2D eigenvalue weighted by atomic mass is 35.5. The lowest BCUT2D eigenvalue weighted by atomic mass is 9.95. The first-order chi connectivity index (χ1) is 16.6. The van der Waals surface area contributed by atoms with Gasteiger partial charge in [-0.2, -0.15) is 0 Å². The van der Waals surface area contributed by atoms with Crippen LogP contribution < -0.4 is 14.9 Å². The molecule has 1 atom stereocenters. The minimum atomic E-state index is -0.782. The van der Waals surface area contributed by atoms with E-state index in [9.17, 15) is 24.8 Å². The van der Waals surface area contributed by atoms with Gasteiger partial charge >= 0.3 is 11.7 Å². The van der Waals surface area contributed by atoms with Gasteiger partial charge in [-0.25, -0.2) is 9.79 Å². The second-order valence-corrected chi connectivity index (χ2v) is 9.28. The van der Waals surface area contributed by atoms with Gasteiger partial charge in [0.15, 0.2) is 4.80 Å².